The van der Waals surface area contributed by atoms with E-state index in [1.165, 1.54) is 6.92 Å². The van der Waals surface area contributed by atoms with Gasteiger partial charge in [-0.3, -0.25) is 9.59 Å². The summed E-state index contributed by atoms with van der Waals surface area (Å²) in [4.78, 5) is 21.9. The summed E-state index contributed by atoms with van der Waals surface area (Å²) in [5.74, 6) is -0.448. The minimum absolute atomic E-state index is 0.0304. The van der Waals surface area contributed by atoms with Gasteiger partial charge in [-0.15, -0.1) is 0 Å². The maximum Gasteiger partial charge on any atom is 0.310 e. The van der Waals surface area contributed by atoms with Crippen LogP contribution in [0, 0.1) is 5.41 Å². The average molecular weight is 218 g/mol. The van der Waals surface area contributed by atoms with Gasteiger partial charge in [0.15, 0.2) is 5.12 Å². The molecule has 0 aliphatic carbocycles. The highest BCUT2D eigenvalue weighted by Gasteiger charge is 2.40. The van der Waals surface area contributed by atoms with Crippen LogP contribution in [0.2, 0.25) is 0 Å². The molecule has 4 nitrogen and oxygen atoms in total. The third-order valence-electron chi connectivity index (χ3n) is 2.46. The van der Waals surface area contributed by atoms with Crippen molar-refractivity contribution < 1.29 is 19.4 Å². The van der Waals surface area contributed by atoms with Crippen molar-refractivity contribution in [2.24, 2.45) is 5.41 Å². The molecule has 1 fully saturated rings. The fraction of sp³-hybridized carbons (Fsp3) is 0.778. The lowest BCUT2D eigenvalue weighted by molar-refractivity contribution is -0.152. The number of thioether (sulfide) groups is 1. The topological polar surface area (TPSA) is 63.6 Å². The van der Waals surface area contributed by atoms with Crippen LogP contribution in [-0.4, -0.2) is 35.2 Å². The third kappa shape index (κ3) is 2.72. The van der Waals surface area contributed by atoms with Crippen LogP contribution < -0.4 is 0 Å². The molecule has 5 heteroatoms. The summed E-state index contributed by atoms with van der Waals surface area (Å²) in [5.41, 5.74) is -0.755. The number of carbonyl (C=O) groups excluding carboxylic acids is 1. The van der Waals surface area contributed by atoms with Crippen LogP contribution in [0.5, 0.6) is 0 Å². The first-order valence-corrected chi connectivity index (χ1v) is 5.50. The van der Waals surface area contributed by atoms with Gasteiger partial charge in [0.05, 0.1) is 5.41 Å². The number of carboxylic acid groups (broad SMARTS) is 1. The quantitative estimate of drug-likeness (QED) is 0.769. The van der Waals surface area contributed by atoms with E-state index in [0.29, 0.717) is 31.8 Å². The van der Waals surface area contributed by atoms with Gasteiger partial charge in [-0.25, -0.2) is 0 Å². The Kier molecular flexibility index (Phi) is 3.95. The third-order valence-corrected chi connectivity index (χ3v) is 3.56. The summed E-state index contributed by atoms with van der Waals surface area (Å²) in [5, 5.41) is 9.09. The van der Waals surface area contributed by atoms with E-state index in [-0.39, 0.29) is 5.12 Å². The van der Waals surface area contributed by atoms with Crippen LogP contribution in [0.3, 0.4) is 0 Å². The number of carboxylic acids is 1. The van der Waals surface area contributed by atoms with Crippen molar-refractivity contribution in [1.29, 1.82) is 0 Å². The van der Waals surface area contributed by atoms with Gasteiger partial charge in [-0.1, -0.05) is 11.8 Å². The average Bonchev–Trinajstić information content (AvgIpc) is 2.16. The first-order chi connectivity index (χ1) is 6.57. The normalized spacial score (nSPS) is 20.4. The molecule has 1 heterocycles. The molecule has 0 amide bonds. The molecule has 0 aromatic rings. The second-order valence-electron chi connectivity index (χ2n) is 3.48. The van der Waals surface area contributed by atoms with Crippen LogP contribution in [0.4, 0.5) is 0 Å². The molecule has 0 saturated carbocycles. The minimum atomic E-state index is -0.811. The van der Waals surface area contributed by atoms with E-state index in [4.69, 9.17) is 9.84 Å². The molecule has 1 aliphatic rings. The van der Waals surface area contributed by atoms with Crippen molar-refractivity contribution in [3.05, 3.63) is 0 Å². The van der Waals surface area contributed by atoms with Crippen molar-refractivity contribution in [2.75, 3.05) is 19.0 Å². The molecule has 1 rings (SSSR count). The molecule has 0 spiro atoms. The van der Waals surface area contributed by atoms with Gasteiger partial charge in [0.1, 0.15) is 0 Å². The molecule has 0 bridgehead atoms. The van der Waals surface area contributed by atoms with E-state index in [9.17, 15) is 9.59 Å². The largest absolute Gasteiger partial charge is 0.481 e. The SMILES string of the molecule is CC(=O)SCC1(C(=O)O)CCOCC1. The van der Waals surface area contributed by atoms with Gasteiger partial charge in [0, 0.05) is 25.9 Å². The second-order valence-corrected chi connectivity index (χ2v) is 4.63. The lowest BCUT2D eigenvalue weighted by atomic mass is 9.82. The Labute approximate surface area is 87.0 Å². The number of rotatable bonds is 3. The van der Waals surface area contributed by atoms with Gasteiger partial charge in [-0.05, 0) is 12.8 Å². The maximum atomic E-state index is 11.1. The molecule has 1 aliphatic heterocycles. The van der Waals surface area contributed by atoms with Gasteiger partial charge in [-0.2, -0.15) is 0 Å². The molecular weight excluding hydrogens is 204 g/mol. The van der Waals surface area contributed by atoms with Gasteiger partial charge >= 0.3 is 5.97 Å². The van der Waals surface area contributed by atoms with Gasteiger partial charge < -0.3 is 9.84 Å². The Balaban J connectivity index is 2.60. The van der Waals surface area contributed by atoms with E-state index in [0.717, 1.165) is 11.8 Å². The summed E-state index contributed by atoms with van der Waals surface area (Å²) in [6.45, 7) is 2.41. The Morgan fingerprint density at radius 3 is 2.43 bits per heavy atom. The van der Waals surface area contributed by atoms with Crippen molar-refractivity contribution >= 4 is 22.8 Å². The zero-order valence-electron chi connectivity index (χ0n) is 8.12. The van der Waals surface area contributed by atoms with Crippen molar-refractivity contribution in [2.45, 2.75) is 19.8 Å². The smallest absolute Gasteiger partial charge is 0.310 e. The number of hydrogen-bond acceptors (Lipinski definition) is 4. The summed E-state index contributed by atoms with van der Waals surface area (Å²) in [6, 6.07) is 0. The molecular formula is C9H14O4S. The lowest BCUT2D eigenvalue weighted by Crippen LogP contribution is -2.39. The van der Waals surface area contributed by atoms with Gasteiger partial charge in [0.2, 0.25) is 0 Å². The van der Waals surface area contributed by atoms with E-state index >= 15 is 0 Å². The number of aliphatic carboxylic acids is 1. The summed E-state index contributed by atoms with van der Waals surface area (Å²) in [6.07, 6.45) is 1.01. The molecule has 0 radical (unpaired) electrons. The molecule has 1 N–H and O–H groups in total. The molecule has 14 heavy (non-hydrogen) atoms. The standard InChI is InChI=1S/C9H14O4S/c1-7(10)14-6-9(8(11)12)2-4-13-5-3-9/h2-6H2,1H3,(H,11,12). The monoisotopic (exact) mass is 218 g/mol. The highest BCUT2D eigenvalue weighted by Crippen LogP contribution is 2.34. The minimum Gasteiger partial charge on any atom is -0.481 e. The summed E-state index contributed by atoms with van der Waals surface area (Å²) >= 11 is 1.09. The highest BCUT2D eigenvalue weighted by molar-refractivity contribution is 8.13. The molecule has 1 saturated heterocycles. The van der Waals surface area contributed by atoms with Crippen molar-refractivity contribution in [1.82, 2.24) is 0 Å². The van der Waals surface area contributed by atoms with Gasteiger partial charge in [0.25, 0.3) is 0 Å². The van der Waals surface area contributed by atoms with Crippen LogP contribution >= 0.6 is 11.8 Å². The van der Waals surface area contributed by atoms with E-state index in [1.807, 2.05) is 0 Å². The van der Waals surface area contributed by atoms with E-state index in [1.54, 1.807) is 0 Å². The fourth-order valence-electron chi connectivity index (χ4n) is 1.42. The molecule has 0 atom stereocenters. The predicted octanol–water partition coefficient (Wildman–Crippen LogP) is 1.15. The number of hydrogen-bond donors (Lipinski definition) is 1. The van der Waals surface area contributed by atoms with Crippen LogP contribution in [0.15, 0.2) is 0 Å². The van der Waals surface area contributed by atoms with Crippen molar-refractivity contribution in [3.63, 3.8) is 0 Å². The first-order valence-electron chi connectivity index (χ1n) is 4.51. The van der Waals surface area contributed by atoms with Crippen molar-refractivity contribution in [3.8, 4) is 0 Å². The second kappa shape index (κ2) is 4.79. The Morgan fingerprint density at radius 1 is 1.43 bits per heavy atom. The maximum absolute atomic E-state index is 11.1. The van der Waals surface area contributed by atoms with Crippen LogP contribution in [0.25, 0.3) is 0 Å². The molecule has 80 valence electrons. The first kappa shape index (κ1) is 11.5. The summed E-state index contributed by atoms with van der Waals surface area (Å²) in [7, 11) is 0. The number of carbonyl (C=O) groups is 2. The number of ether oxygens (including phenoxy) is 1. The fourth-order valence-corrected chi connectivity index (χ4v) is 2.31. The van der Waals surface area contributed by atoms with Crippen LogP contribution in [-0.2, 0) is 14.3 Å². The zero-order chi connectivity index (χ0) is 10.6. The van der Waals surface area contributed by atoms with Crippen LogP contribution in [0.1, 0.15) is 19.8 Å². The summed E-state index contributed by atoms with van der Waals surface area (Å²) < 4.78 is 5.12. The Morgan fingerprint density at radius 2 is 2.00 bits per heavy atom. The molecule has 0 aromatic carbocycles. The molecule has 0 unspecified atom stereocenters. The predicted molar refractivity (Wildman–Crippen MR) is 53.3 cm³/mol. The lowest BCUT2D eigenvalue weighted by Gasteiger charge is -2.32. The highest BCUT2D eigenvalue weighted by atomic mass is 32.2. The Bertz CT molecular complexity index is 233. The van der Waals surface area contributed by atoms with E-state index < -0.39 is 11.4 Å². The Hall–Kier alpha value is -0.550. The zero-order valence-corrected chi connectivity index (χ0v) is 8.93. The van der Waals surface area contributed by atoms with E-state index in [2.05, 4.69) is 0 Å². The molecule has 0 aromatic heterocycles.